The van der Waals surface area contributed by atoms with Gasteiger partial charge in [-0.15, -0.1) is 0 Å². The standard InChI is InChI=1S/C8H16N2.C3H8/c1-2-6-9-8(4-1)5-3-7-10-8;1-3-2/h9-10H,1-7H2;3H2,1-2H3. The maximum Gasteiger partial charge on any atom is 0.0687 e. The van der Waals surface area contributed by atoms with Crippen LogP contribution >= 0.6 is 0 Å². The van der Waals surface area contributed by atoms with Gasteiger partial charge in [0.15, 0.2) is 0 Å². The highest BCUT2D eigenvalue weighted by Gasteiger charge is 2.33. The molecule has 78 valence electrons. The monoisotopic (exact) mass is 184 g/mol. The van der Waals surface area contributed by atoms with E-state index in [9.17, 15) is 0 Å². The van der Waals surface area contributed by atoms with Crippen molar-refractivity contribution in [3.05, 3.63) is 0 Å². The Morgan fingerprint density at radius 1 is 0.923 bits per heavy atom. The molecule has 0 amide bonds. The van der Waals surface area contributed by atoms with Crippen LogP contribution in [0.5, 0.6) is 0 Å². The van der Waals surface area contributed by atoms with Gasteiger partial charge < -0.3 is 0 Å². The van der Waals surface area contributed by atoms with Crippen molar-refractivity contribution < 1.29 is 0 Å². The number of hydrogen-bond donors (Lipinski definition) is 2. The molecule has 2 aliphatic rings. The van der Waals surface area contributed by atoms with Gasteiger partial charge in [0, 0.05) is 0 Å². The second-order valence-electron chi connectivity index (χ2n) is 4.20. The van der Waals surface area contributed by atoms with Crippen molar-refractivity contribution in [2.45, 2.75) is 58.0 Å². The first-order valence-electron chi connectivity index (χ1n) is 5.83. The smallest absolute Gasteiger partial charge is 0.0687 e. The third-order valence-corrected chi connectivity index (χ3v) is 2.74. The first-order chi connectivity index (χ1) is 6.33. The average Bonchev–Trinajstić information content (AvgIpc) is 2.56. The summed E-state index contributed by atoms with van der Waals surface area (Å²) in [6.07, 6.45) is 8.05. The van der Waals surface area contributed by atoms with Gasteiger partial charge in [-0.1, -0.05) is 20.3 Å². The molecule has 1 spiro atoms. The van der Waals surface area contributed by atoms with Gasteiger partial charge in [-0.2, -0.15) is 0 Å². The molecule has 0 aromatic rings. The molecule has 2 fully saturated rings. The van der Waals surface area contributed by atoms with Crippen LogP contribution in [0.4, 0.5) is 0 Å². The highest BCUT2D eigenvalue weighted by atomic mass is 15.2. The molecule has 2 heterocycles. The van der Waals surface area contributed by atoms with Crippen LogP contribution in [0.25, 0.3) is 0 Å². The number of piperidine rings is 1. The Morgan fingerprint density at radius 3 is 1.92 bits per heavy atom. The van der Waals surface area contributed by atoms with Crippen LogP contribution < -0.4 is 10.6 Å². The largest absolute Gasteiger partial charge is 0.299 e. The predicted octanol–water partition coefficient (Wildman–Crippen LogP) is 2.26. The summed E-state index contributed by atoms with van der Waals surface area (Å²) < 4.78 is 0. The van der Waals surface area contributed by atoms with Crippen LogP contribution in [-0.4, -0.2) is 18.8 Å². The highest BCUT2D eigenvalue weighted by Crippen LogP contribution is 2.25. The highest BCUT2D eigenvalue weighted by molar-refractivity contribution is 4.92. The van der Waals surface area contributed by atoms with E-state index >= 15 is 0 Å². The summed E-state index contributed by atoms with van der Waals surface area (Å²) in [6.45, 7) is 6.68. The molecule has 0 saturated carbocycles. The SMILES string of the molecule is C1CCC2(CCCN2)NC1.CCC. The lowest BCUT2D eigenvalue weighted by Gasteiger charge is -2.34. The summed E-state index contributed by atoms with van der Waals surface area (Å²) in [5, 5.41) is 7.14. The van der Waals surface area contributed by atoms with Gasteiger partial charge in [0.05, 0.1) is 5.66 Å². The number of nitrogens with one attached hydrogen (secondary N) is 2. The Hall–Kier alpha value is -0.0800. The van der Waals surface area contributed by atoms with Gasteiger partial charge in [-0.25, -0.2) is 0 Å². The summed E-state index contributed by atoms with van der Waals surface area (Å²) >= 11 is 0. The van der Waals surface area contributed by atoms with Gasteiger partial charge in [-0.3, -0.25) is 10.6 Å². The van der Waals surface area contributed by atoms with E-state index in [2.05, 4.69) is 24.5 Å². The van der Waals surface area contributed by atoms with Crippen LogP contribution in [0.3, 0.4) is 0 Å². The van der Waals surface area contributed by atoms with E-state index in [0.717, 1.165) is 0 Å². The zero-order valence-electron chi connectivity index (χ0n) is 9.16. The Bertz CT molecular complexity index is 120. The Kier molecular flexibility index (Phi) is 4.74. The molecule has 2 heteroatoms. The molecule has 0 radical (unpaired) electrons. The molecule has 13 heavy (non-hydrogen) atoms. The van der Waals surface area contributed by atoms with Crippen LogP contribution in [0.2, 0.25) is 0 Å². The summed E-state index contributed by atoms with van der Waals surface area (Å²) in [4.78, 5) is 0. The van der Waals surface area contributed by atoms with E-state index in [0.29, 0.717) is 5.66 Å². The van der Waals surface area contributed by atoms with Gasteiger partial charge in [0.2, 0.25) is 0 Å². The summed E-state index contributed by atoms with van der Waals surface area (Å²) in [5.74, 6) is 0. The Balaban J connectivity index is 0.000000251. The molecule has 2 rings (SSSR count). The van der Waals surface area contributed by atoms with E-state index in [1.807, 2.05) is 0 Å². The molecule has 0 aromatic carbocycles. The van der Waals surface area contributed by atoms with E-state index < -0.39 is 0 Å². The summed E-state index contributed by atoms with van der Waals surface area (Å²) in [6, 6.07) is 0. The average molecular weight is 184 g/mol. The fourth-order valence-electron chi connectivity index (χ4n) is 2.14. The summed E-state index contributed by atoms with van der Waals surface area (Å²) in [5.41, 5.74) is 0.373. The van der Waals surface area contributed by atoms with Crippen molar-refractivity contribution in [2.75, 3.05) is 13.1 Å². The lowest BCUT2D eigenvalue weighted by atomic mass is 9.96. The topological polar surface area (TPSA) is 24.1 Å². The molecule has 0 aliphatic carbocycles. The normalized spacial score (nSPS) is 32.8. The fourth-order valence-corrected chi connectivity index (χ4v) is 2.14. The van der Waals surface area contributed by atoms with Gasteiger partial charge in [-0.05, 0) is 45.2 Å². The van der Waals surface area contributed by atoms with Crippen molar-refractivity contribution in [1.29, 1.82) is 0 Å². The minimum Gasteiger partial charge on any atom is -0.299 e. The molecular weight excluding hydrogens is 160 g/mol. The van der Waals surface area contributed by atoms with Crippen molar-refractivity contribution >= 4 is 0 Å². The van der Waals surface area contributed by atoms with Gasteiger partial charge in [0.1, 0.15) is 0 Å². The minimum atomic E-state index is 0.373. The number of rotatable bonds is 0. The van der Waals surface area contributed by atoms with Crippen LogP contribution in [-0.2, 0) is 0 Å². The van der Waals surface area contributed by atoms with Crippen LogP contribution in [0.15, 0.2) is 0 Å². The zero-order chi connectivity index (χ0) is 9.57. The van der Waals surface area contributed by atoms with Gasteiger partial charge >= 0.3 is 0 Å². The zero-order valence-corrected chi connectivity index (χ0v) is 9.16. The lowest BCUT2D eigenvalue weighted by molar-refractivity contribution is 0.230. The molecule has 0 bridgehead atoms. The second kappa shape index (κ2) is 5.61. The molecule has 2 saturated heterocycles. The maximum absolute atomic E-state index is 3.58. The molecular formula is C11H24N2. The fraction of sp³-hybridized carbons (Fsp3) is 1.00. The molecule has 1 unspecified atom stereocenters. The molecule has 2 N–H and O–H groups in total. The first-order valence-corrected chi connectivity index (χ1v) is 5.83. The van der Waals surface area contributed by atoms with Crippen LogP contribution in [0.1, 0.15) is 52.4 Å². The Labute approximate surface area is 82.5 Å². The molecule has 2 aliphatic heterocycles. The molecule has 2 nitrogen and oxygen atoms in total. The van der Waals surface area contributed by atoms with E-state index in [-0.39, 0.29) is 0 Å². The van der Waals surface area contributed by atoms with Crippen molar-refractivity contribution in [3.8, 4) is 0 Å². The first kappa shape index (κ1) is 11.0. The van der Waals surface area contributed by atoms with E-state index in [1.165, 1.54) is 51.6 Å². The third-order valence-electron chi connectivity index (χ3n) is 2.74. The minimum absolute atomic E-state index is 0.373. The van der Waals surface area contributed by atoms with E-state index in [1.54, 1.807) is 0 Å². The van der Waals surface area contributed by atoms with Gasteiger partial charge in [0.25, 0.3) is 0 Å². The number of hydrogen-bond acceptors (Lipinski definition) is 2. The third kappa shape index (κ3) is 3.28. The predicted molar refractivity (Wildman–Crippen MR) is 57.8 cm³/mol. The van der Waals surface area contributed by atoms with Crippen molar-refractivity contribution in [1.82, 2.24) is 10.6 Å². The summed E-state index contributed by atoms with van der Waals surface area (Å²) in [7, 11) is 0. The van der Waals surface area contributed by atoms with E-state index in [4.69, 9.17) is 0 Å². The quantitative estimate of drug-likeness (QED) is 0.603. The molecule has 1 atom stereocenters. The maximum atomic E-state index is 3.58. The van der Waals surface area contributed by atoms with Crippen LogP contribution in [0, 0.1) is 0 Å². The Morgan fingerprint density at radius 2 is 1.46 bits per heavy atom. The molecule has 0 aromatic heterocycles. The van der Waals surface area contributed by atoms with Crippen molar-refractivity contribution in [2.24, 2.45) is 0 Å². The van der Waals surface area contributed by atoms with Crippen molar-refractivity contribution in [3.63, 3.8) is 0 Å². The second-order valence-corrected chi connectivity index (χ2v) is 4.20. The lowest BCUT2D eigenvalue weighted by Crippen LogP contribution is -2.55.